The lowest BCUT2D eigenvalue weighted by Crippen LogP contribution is -2.47. The average molecular weight is 295 g/mol. The molecular weight excluding hydrogens is 278 g/mol. The molecule has 0 saturated carbocycles. The molecule has 0 spiro atoms. The highest BCUT2D eigenvalue weighted by Gasteiger charge is 2.29. The van der Waals surface area contributed by atoms with Crippen LogP contribution in [-0.4, -0.2) is 55.8 Å². The third-order valence-electron chi connectivity index (χ3n) is 3.20. The van der Waals surface area contributed by atoms with Crippen LogP contribution in [0.25, 0.3) is 0 Å². The van der Waals surface area contributed by atoms with Gasteiger partial charge in [0, 0.05) is 0 Å². The summed E-state index contributed by atoms with van der Waals surface area (Å²) >= 11 is 0. The van der Waals surface area contributed by atoms with Crippen molar-refractivity contribution >= 4 is 11.8 Å². The molecule has 1 heterocycles. The van der Waals surface area contributed by atoms with E-state index >= 15 is 0 Å². The largest absolute Gasteiger partial charge is 0.493 e. The maximum Gasteiger partial charge on any atom is 0.255 e. The molecule has 0 bridgehead atoms. The molecule has 1 aliphatic heterocycles. The van der Waals surface area contributed by atoms with E-state index in [0.29, 0.717) is 17.1 Å². The van der Waals surface area contributed by atoms with Crippen LogP contribution in [0.15, 0.2) is 18.2 Å². The van der Waals surface area contributed by atoms with E-state index < -0.39 is 17.9 Å². The molecule has 1 aliphatic rings. The zero-order valence-electron chi connectivity index (χ0n) is 11.9. The number of methoxy groups -OCH3 is 2. The number of aliphatic hydroxyl groups excluding tert-OH is 1. The van der Waals surface area contributed by atoms with Gasteiger partial charge in [0.25, 0.3) is 11.8 Å². The fourth-order valence-corrected chi connectivity index (χ4v) is 2.06. The molecule has 0 radical (unpaired) electrons. The van der Waals surface area contributed by atoms with E-state index in [1.54, 1.807) is 18.2 Å². The number of rotatable bonds is 5. The van der Waals surface area contributed by atoms with Crippen LogP contribution in [0.1, 0.15) is 11.7 Å². The predicted octanol–water partition coefficient (Wildman–Crippen LogP) is 0.123. The fraction of sp³-hybridized carbons (Fsp3) is 0.429. The summed E-state index contributed by atoms with van der Waals surface area (Å²) in [5.41, 5.74) is 0.528. The van der Waals surface area contributed by atoms with Gasteiger partial charge in [0.1, 0.15) is 13.2 Å². The lowest BCUT2D eigenvalue weighted by atomic mass is 10.1. The summed E-state index contributed by atoms with van der Waals surface area (Å²) in [6.07, 6.45) is -1.00. The smallest absolute Gasteiger partial charge is 0.255 e. The zero-order chi connectivity index (χ0) is 15.4. The molecule has 1 fully saturated rings. The Morgan fingerprint density at radius 1 is 1.19 bits per heavy atom. The Balaban J connectivity index is 2.14. The van der Waals surface area contributed by atoms with Crippen molar-refractivity contribution in [2.24, 2.45) is 0 Å². The first kappa shape index (κ1) is 15.3. The molecule has 1 aromatic rings. The fourth-order valence-electron chi connectivity index (χ4n) is 2.06. The minimum Gasteiger partial charge on any atom is -0.493 e. The van der Waals surface area contributed by atoms with Crippen LogP contribution in [0, 0.1) is 0 Å². The van der Waals surface area contributed by atoms with Crippen LogP contribution in [0.5, 0.6) is 11.5 Å². The number of amides is 2. The highest BCUT2D eigenvalue weighted by molar-refractivity contribution is 5.98. The van der Waals surface area contributed by atoms with Gasteiger partial charge in [0.05, 0.1) is 26.9 Å². The highest BCUT2D eigenvalue weighted by atomic mass is 16.5. The minimum atomic E-state index is -1.00. The van der Waals surface area contributed by atoms with E-state index in [1.165, 1.54) is 14.2 Å². The lowest BCUT2D eigenvalue weighted by molar-refractivity contribution is -0.160. The number of carbonyl (C=O) groups is 2. The van der Waals surface area contributed by atoms with Crippen molar-refractivity contribution in [3.63, 3.8) is 0 Å². The van der Waals surface area contributed by atoms with E-state index in [4.69, 9.17) is 14.2 Å². The number of carbonyl (C=O) groups excluding carboxylic acids is 2. The van der Waals surface area contributed by atoms with Gasteiger partial charge in [-0.1, -0.05) is 6.07 Å². The first-order valence-corrected chi connectivity index (χ1v) is 6.37. The number of nitrogens with zero attached hydrogens (tertiary/aromatic N) is 1. The average Bonchev–Trinajstić information content (AvgIpc) is 2.50. The van der Waals surface area contributed by atoms with Gasteiger partial charge in [-0.3, -0.25) is 14.5 Å². The number of ether oxygens (including phenoxy) is 3. The van der Waals surface area contributed by atoms with Crippen molar-refractivity contribution in [2.45, 2.75) is 6.10 Å². The summed E-state index contributed by atoms with van der Waals surface area (Å²) in [7, 11) is 3.00. The Labute approximate surface area is 122 Å². The summed E-state index contributed by atoms with van der Waals surface area (Å²) in [5.74, 6) is 0.0946. The van der Waals surface area contributed by atoms with Crippen LogP contribution in [0.3, 0.4) is 0 Å². The number of hydrogen-bond donors (Lipinski definition) is 1. The maximum atomic E-state index is 11.6. The van der Waals surface area contributed by atoms with Crippen molar-refractivity contribution in [3.8, 4) is 11.5 Å². The SMILES string of the molecule is COc1ccc(C(O)CN2C(=O)COCC2=O)cc1OC. The molecule has 0 aromatic heterocycles. The molecule has 7 nitrogen and oxygen atoms in total. The molecular formula is C14H17NO6. The van der Waals surface area contributed by atoms with Crippen LogP contribution < -0.4 is 9.47 Å². The van der Waals surface area contributed by atoms with Crippen molar-refractivity contribution in [1.82, 2.24) is 4.90 Å². The molecule has 114 valence electrons. The molecule has 21 heavy (non-hydrogen) atoms. The predicted molar refractivity (Wildman–Crippen MR) is 72.0 cm³/mol. The van der Waals surface area contributed by atoms with Crippen LogP contribution >= 0.6 is 0 Å². The van der Waals surface area contributed by atoms with Crippen LogP contribution in [0.4, 0.5) is 0 Å². The van der Waals surface area contributed by atoms with Gasteiger partial charge in [-0.15, -0.1) is 0 Å². The van der Waals surface area contributed by atoms with Crippen LogP contribution in [0.2, 0.25) is 0 Å². The number of morpholine rings is 1. The van der Waals surface area contributed by atoms with Crippen molar-refractivity contribution < 1.29 is 28.9 Å². The quantitative estimate of drug-likeness (QED) is 0.777. The minimum absolute atomic E-state index is 0.115. The number of imide groups is 1. The van der Waals surface area contributed by atoms with Gasteiger partial charge in [0.2, 0.25) is 0 Å². The molecule has 1 saturated heterocycles. The molecule has 0 aliphatic carbocycles. The van der Waals surface area contributed by atoms with E-state index in [9.17, 15) is 14.7 Å². The van der Waals surface area contributed by atoms with Gasteiger partial charge in [-0.05, 0) is 17.7 Å². The Morgan fingerprint density at radius 3 is 2.38 bits per heavy atom. The second-order valence-corrected chi connectivity index (χ2v) is 4.52. The topological polar surface area (TPSA) is 85.3 Å². The molecule has 2 rings (SSSR count). The van der Waals surface area contributed by atoms with Crippen LogP contribution in [-0.2, 0) is 14.3 Å². The number of benzene rings is 1. The maximum absolute atomic E-state index is 11.6. The number of aliphatic hydroxyl groups is 1. The van der Waals surface area contributed by atoms with Crippen molar-refractivity contribution in [1.29, 1.82) is 0 Å². The van der Waals surface area contributed by atoms with E-state index in [0.717, 1.165) is 4.90 Å². The standard InChI is InChI=1S/C14H17NO6/c1-19-11-4-3-9(5-12(11)20-2)10(16)6-15-13(17)7-21-8-14(15)18/h3-5,10,16H,6-8H2,1-2H3. The van der Waals surface area contributed by atoms with E-state index in [1.807, 2.05) is 0 Å². The molecule has 2 amide bonds. The van der Waals surface area contributed by atoms with Gasteiger partial charge in [-0.2, -0.15) is 0 Å². The monoisotopic (exact) mass is 295 g/mol. The van der Waals surface area contributed by atoms with Crippen molar-refractivity contribution in [3.05, 3.63) is 23.8 Å². The Kier molecular flexibility index (Phi) is 4.77. The Hall–Kier alpha value is -2.12. The van der Waals surface area contributed by atoms with Gasteiger partial charge >= 0.3 is 0 Å². The summed E-state index contributed by atoms with van der Waals surface area (Å²) in [5, 5.41) is 10.2. The first-order valence-electron chi connectivity index (χ1n) is 6.37. The normalized spacial score (nSPS) is 16.8. The second-order valence-electron chi connectivity index (χ2n) is 4.52. The Morgan fingerprint density at radius 2 is 1.81 bits per heavy atom. The first-order chi connectivity index (χ1) is 10.1. The third kappa shape index (κ3) is 3.32. The molecule has 7 heteroatoms. The van der Waals surface area contributed by atoms with E-state index in [-0.39, 0.29) is 19.8 Å². The van der Waals surface area contributed by atoms with Gasteiger partial charge < -0.3 is 19.3 Å². The molecule has 1 unspecified atom stereocenters. The van der Waals surface area contributed by atoms with Gasteiger partial charge in [0.15, 0.2) is 11.5 Å². The second kappa shape index (κ2) is 6.55. The number of β-amino-alcohol motifs (C(OH)–C–C–N with tert-alkyl or cyclic N) is 1. The van der Waals surface area contributed by atoms with Gasteiger partial charge in [-0.25, -0.2) is 0 Å². The number of hydrogen-bond acceptors (Lipinski definition) is 6. The van der Waals surface area contributed by atoms with Crippen molar-refractivity contribution in [2.75, 3.05) is 34.0 Å². The highest BCUT2D eigenvalue weighted by Crippen LogP contribution is 2.30. The Bertz CT molecular complexity index is 528. The molecule has 1 atom stereocenters. The lowest BCUT2D eigenvalue weighted by Gasteiger charge is -2.27. The van der Waals surface area contributed by atoms with E-state index in [2.05, 4.69) is 0 Å². The molecule has 1 N–H and O–H groups in total. The molecule has 1 aromatic carbocycles. The zero-order valence-corrected chi connectivity index (χ0v) is 11.9. The summed E-state index contributed by atoms with van der Waals surface area (Å²) in [6.45, 7) is -0.411. The third-order valence-corrected chi connectivity index (χ3v) is 3.20. The summed E-state index contributed by atoms with van der Waals surface area (Å²) < 4.78 is 15.1. The summed E-state index contributed by atoms with van der Waals surface area (Å²) in [4.78, 5) is 24.2. The summed E-state index contributed by atoms with van der Waals surface area (Å²) in [6, 6.07) is 4.92.